The van der Waals surface area contributed by atoms with E-state index in [1.54, 1.807) is 18.2 Å². The van der Waals surface area contributed by atoms with Crippen LogP contribution in [-0.2, 0) is 16.3 Å². The molecule has 0 radical (unpaired) electrons. The highest BCUT2D eigenvalue weighted by molar-refractivity contribution is 7.91. The third-order valence-electron chi connectivity index (χ3n) is 6.67. The Kier molecular flexibility index (Phi) is 6.88. The molecule has 2 heterocycles. The second kappa shape index (κ2) is 10.3. The van der Waals surface area contributed by atoms with Crippen molar-refractivity contribution < 1.29 is 31.8 Å². The van der Waals surface area contributed by atoms with E-state index >= 15 is 0 Å². The van der Waals surface area contributed by atoms with Crippen LogP contribution in [0.15, 0.2) is 72.3 Å². The molecular formula is C26H26N2O8S. The van der Waals surface area contributed by atoms with Gasteiger partial charge in [0.1, 0.15) is 24.5 Å². The van der Waals surface area contributed by atoms with Crippen molar-refractivity contribution in [3.05, 3.63) is 75.3 Å². The monoisotopic (exact) mass is 526 g/mol. The van der Waals surface area contributed by atoms with E-state index < -0.39 is 20.7 Å². The van der Waals surface area contributed by atoms with Crippen LogP contribution in [0.1, 0.15) is 36.8 Å². The molecule has 0 saturated heterocycles. The summed E-state index contributed by atoms with van der Waals surface area (Å²) in [5, 5.41) is 15.5. The highest BCUT2D eigenvalue weighted by Crippen LogP contribution is 2.31. The first-order valence-corrected chi connectivity index (χ1v) is 13.5. The minimum atomic E-state index is -4.20. The Bertz CT molecular complexity index is 1570. The van der Waals surface area contributed by atoms with Gasteiger partial charge in [-0.25, -0.2) is 13.2 Å². The van der Waals surface area contributed by atoms with Crippen molar-refractivity contribution in [2.24, 2.45) is 5.92 Å². The van der Waals surface area contributed by atoms with Gasteiger partial charge in [0.25, 0.3) is 9.84 Å². The fraction of sp³-hybridized carbons (Fsp3) is 0.346. The van der Waals surface area contributed by atoms with Crippen LogP contribution in [-0.4, -0.2) is 26.8 Å². The largest absolute Gasteiger partial charge is 0.490 e. The van der Waals surface area contributed by atoms with Crippen LogP contribution in [0, 0.1) is 18.0 Å². The minimum absolute atomic E-state index is 0.00499. The molecule has 11 heteroatoms. The summed E-state index contributed by atoms with van der Waals surface area (Å²) in [5.74, 6) is 0.515. The molecular weight excluding hydrogens is 500 g/mol. The zero-order valence-electron chi connectivity index (χ0n) is 20.2. The minimum Gasteiger partial charge on any atom is -0.490 e. The van der Waals surface area contributed by atoms with E-state index in [0.29, 0.717) is 17.3 Å². The Balaban J connectivity index is 1.26. The summed E-state index contributed by atoms with van der Waals surface area (Å²) in [7, 11) is -4.20. The van der Waals surface area contributed by atoms with Crippen LogP contribution in [0.3, 0.4) is 0 Å². The van der Waals surface area contributed by atoms with Crippen molar-refractivity contribution in [1.29, 1.82) is 0 Å². The molecule has 1 aliphatic rings. The third kappa shape index (κ3) is 5.04. The lowest BCUT2D eigenvalue weighted by Crippen LogP contribution is -2.31. The first-order valence-electron chi connectivity index (χ1n) is 12.1. The number of benzene rings is 2. The maximum atomic E-state index is 12.8. The lowest BCUT2D eigenvalue weighted by atomic mass is 9.95. The number of hydrogen-bond donors (Lipinski definition) is 0. The Morgan fingerprint density at radius 3 is 2.57 bits per heavy atom. The first kappa shape index (κ1) is 24.8. The van der Waals surface area contributed by atoms with Crippen molar-refractivity contribution in [2.45, 2.75) is 48.9 Å². The second-order valence-corrected chi connectivity index (χ2v) is 10.9. The van der Waals surface area contributed by atoms with E-state index in [0.717, 1.165) is 35.8 Å². The van der Waals surface area contributed by atoms with Crippen LogP contribution >= 0.6 is 0 Å². The quantitative estimate of drug-likeness (QED) is 0.181. The third-order valence-corrected chi connectivity index (χ3v) is 8.40. The van der Waals surface area contributed by atoms with Crippen molar-refractivity contribution in [1.82, 2.24) is 5.16 Å². The summed E-state index contributed by atoms with van der Waals surface area (Å²) in [4.78, 5) is 12.4. The number of sulfone groups is 1. The van der Waals surface area contributed by atoms with E-state index in [1.807, 2.05) is 13.0 Å². The van der Waals surface area contributed by atoms with Crippen LogP contribution < -0.4 is 20.0 Å². The van der Waals surface area contributed by atoms with Gasteiger partial charge >= 0.3 is 16.5 Å². The smallest absolute Gasteiger partial charge is 0.415 e. The fourth-order valence-electron chi connectivity index (χ4n) is 4.74. The van der Waals surface area contributed by atoms with Gasteiger partial charge in [-0.05, 0) is 54.0 Å². The lowest BCUT2D eigenvalue weighted by Gasteiger charge is -2.12. The van der Waals surface area contributed by atoms with Gasteiger partial charge in [-0.15, -0.1) is 0 Å². The van der Waals surface area contributed by atoms with Crippen molar-refractivity contribution >= 4 is 20.8 Å². The average Bonchev–Trinajstić information content (AvgIpc) is 3.54. The molecule has 0 aliphatic heterocycles. The van der Waals surface area contributed by atoms with Crippen molar-refractivity contribution in [3.63, 3.8) is 0 Å². The van der Waals surface area contributed by atoms with E-state index in [4.69, 9.17) is 13.9 Å². The molecule has 4 aromatic rings. The summed E-state index contributed by atoms with van der Waals surface area (Å²) in [5.41, 5.74) is 1.78. The molecule has 1 saturated carbocycles. The van der Waals surface area contributed by atoms with E-state index in [9.17, 15) is 18.4 Å². The summed E-state index contributed by atoms with van der Waals surface area (Å²) in [6.07, 6.45) is 5.46. The molecule has 0 atom stereocenters. The predicted octanol–water partition coefficient (Wildman–Crippen LogP) is 3.75. The molecule has 10 nitrogen and oxygen atoms in total. The van der Waals surface area contributed by atoms with Gasteiger partial charge < -0.3 is 19.1 Å². The summed E-state index contributed by atoms with van der Waals surface area (Å²) in [6.45, 7) is 1.83. The van der Waals surface area contributed by atoms with Crippen molar-refractivity contribution in [3.8, 4) is 11.6 Å². The maximum absolute atomic E-state index is 12.8. The van der Waals surface area contributed by atoms with E-state index in [1.165, 1.54) is 37.1 Å². The van der Waals surface area contributed by atoms with Crippen LogP contribution in [0.2, 0.25) is 0 Å². The number of aromatic nitrogens is 2. The van der Waals surface area contributed by atoms with Gasteiger partial charge in [0.15, 0.2) is 0 Å². The number of ether oxygens (including phenoxy) is 2. The molecule has 1 aliphatic carbocycles. The molecule has 0 N–H and O–H groups in total. The number of nitrogens with zero attached hydrogens (tertiary/aromatic N) is 2. The molecule has 2 aromatic heterocycles. The normalized spacial score (nSPS) is 14.3. The molecule has 0 bridgehead atoms. The van der Waals surface area contributed by atoms with Crippen LogP contribution in [0.5, 0.6) is 11.6 Å². The van der Waals surface area contributed by atoms with Gasteiger partial charge in [0.2, 0.25) is 0 Å². The Labute approximate surface area is 212 Å². The number of rotatable bonds is 9. The second-order valence-electron chi connectivity index (χ2n) is 9.06. The Hall–Kier alpha value is -3.86. The van der Waals surface area contributed by atoms with Gasteiger partial charge in [-0.3, -0.25) is 4.63 Å². The molecule has 1 fully saturated rings. The Morgan fingerprint density at radius 2 is 1.81 bits per heavy atom. The molecule has 0 spiro atoms. The standard InChI is InChI=1S/C26H26N2O8S/c1-17-21-12-11-19(16-23(21)35-26(29)22(17)15-18-7-5-6-8-18)33-13-14-34-24-25(28(30)36-27-24)37(31,32)20-9-3-2-4-10-20/h2-4,9-12,16,18H,5-8,13-15H2,1H3. The number of fused-ring (bicyclic) bond motifs is 1. The summed E-state index contributed by atoms with van der Waals surface area (Å²) < 4.78 is 46.8. The number of hydrogen-bond acceptors (Lipinski definition) is 9. The van der Waals surface area contributed by atoms with Gasteiger partial charge in [0, 0.05) is 17.0 Å². The van der Waals surface area contributed by atoms with Crippen LogP contribution in [0.25, 0.3) is 11.0 Å². The molecule has 5 rings (SSSR count). The van der Waals surface area contributed by atoms with Gasteiger partial charge in [-0.2, -0.15) is 0 Å². The van der Waals surface area contributed by atoms with Gasteiger partial charge in [0.05, 0.1) is 10.1 Å². The summed E-state index contributed by atoms with van der Waals surface area (Å²) >= 11 is 0. The molecule has 194 valence electrons. The lowest BCUT2D eigenvalue weighted by molar-refractivity contribution is -0.832. The fourth-order valence-corrected chi connectivity index (χ4v) is 6.04. The highest BCUT2D eigenvalue weighted by Gasteiger charge is 2.35. The zero-order chi connectivity index (χ0) is 26.0. The van der Waals surface area contributed by atoms with Crippen molar-refractivity contribution in [2.75, 3.05) is 13.2 Å². The SMILES string of the molecule is Cc1c(CC2CCCC2)c(=O)oc2cc(OCCOc3no[n+]([O-])c3S(=O)(=O)c3ccccc3)ccc12. The average molecular weight is 527 g/mol. The Morgan fingerprint density at radius 1 is 1.08 bits per heavy atom. The first-order chi connectivity index (χ1) is 17.8. The van der Waals surface area contributed by atoms with Gasteiger partial charge in [-0.1, -0.05) is 43.9 Å². The molecule has 0 amide bonds. The highest BCUT2D eigenvalue weighted by atomic mass is 32.2. The summed E-state index contributed by atoms with van der Waals surface area (Å²) in [6, 6.07) is 12.7. The molecule has 0 unspecified atom stereocenters. The topological polar surface area (TPSA) is 136 Å². The number of aryl methyl sites for hydroxylation is 1. The van der Waals surface area contributed by atoms with E-state index in [-0.39, 0.29) is 28.6 Å². The maximum Gasteiger partial charge on any atom is 0.415 e. The molecule has 37 heavy (non-hydrogen) atoms. The zero-order valence-corrected chi connectivity index (χ0v) is 21.0. The van der Waals surface area contributed by atoms with Crippen LogP contribution in [0.4, 0.5) is 0 Å². The predicted molar refractivity (Wildman–Crippen MR) is 131 cm³/mol. The van der Waals surface area contributed by atoms with E-state index in [2.05, 4.69) is 9.79 Å². The molecule has 2 aromatic carbocycles.